The van der Waals surface area contributed by atoms with Crippen LogP contribution >= 0.6 is 0 Å². The summed E-state index contributed by atoms with van der Waals surface area (Å²) in [5, 5.41) is 3.86. The Morgan fingerprint density at radius 1 is 1.00 bits per heavy atom. The fraction of sp³-hybridized carbons (Fsp3) is 1.00. The van der Waals surface area contributed by atoms with Crippen molar-refractivity contribution in [3.05, 3.63) is 0 Å². The first-order valence-electron chi connectivity index (χ1n) is 9.05. The van der Waals surface area contributed by atoms with E-state index in [2.05, 4.69) is 37.9 Å². The lowest BCUT2D eigenvalue weighted by Gasteiger charge is -2.49. The molecule has 0 spiro atoms. The maximum Gasteiger partial charge on any atom is 0.0247 e. The van der Waals surface area contributed by atoms with Gasteiger partial charge in [-0.15, -0.1) is 0 Å². The van der Waals surface area contributed by atoms with Crippen LogP contribution in [0.2, 0.25) is 0 Å². The van der Waals surface area contributed by atoms with Gasteiger partial charge in [-0.2, -0.15) is 0 Å². The van der Waals surface area contributed by atoms with Crippen LogP contribution < -0.4 is 5.32 Å². The minimum Gasteiger partial charge on any atom is -0.311 e. The molecule has 2 heteroatoms. The van der Waals surface area contributed by atoms with E-state index in [0.29, 0.717) is 0 Å². The Labute approximate surface area is 125 Å². The number of rotatable bonds is 3. The van der Waals surface area contributed by atoms with Crippen molar-refractivity contribution in [2.24, 2.45) is 23.7 Å². The van der Waals surface area contributed by atoms with Gasteiger partial charge in [0.2, 0.25) is 0 Å². The normalized spacial score (nSPS) is 44.0. The monoisotopic (exact) mass is 278 g/mol. The highest BCUT2D eigenvalue weighted by Gasteiger charge is 2.41. The quantitative estimate of drug-likeness (QED) is 0.850. The van der Waals surface area contributed by atoms with Gasteiger partial charge in [-0.05, 0) is 55.8 Å². The van der Waals surface area contributed by atoms with E-state index in [1.54, 1.807) is 0 Å². The third kappa shape index (κ3) is 3.06. The Balaban J connectivity index is 1.68. The standard InChI is InChI=1S/C18H34N2/c1-12(2)18-10-19-17(15-6-7-15)11-20(18)16-8-5-13(3)14(4)9-16/h12-19H,5-11H2,1-4H3. The average molecular weight is 278 g/mol. The molecule has 3 rings (SSSR count). The molecule has 3 aliphatic rings. The minimum atomic E-state index is 0.760. The number of nitrogens with zero attached hydrogens (tertiary/aromatic N) is 1. The van der Waals surface area contributed by atoms with Crippen molar-refractivity contribution < 1.29 is 0 Å². The largest absolute Gasteiger partial charge is 0.311 e. The van der Waals surface area contributed by atoms with Crippen LogP contribution in [0.4, 0.5) is 0 Å². The van der Waals surface area contributed by atoms with Crippen molar-refractivity contribution in [3.63, 3.8) is 0 Å². The molecule has 2 nitrogen and oxygen atoms in total. The number of hydrogen-bond acceptors (Lipinski definition) is 2. The first kappa shape index (κ1) is 14.8. The molecule has 1 saturated heterocycles. The molecule has 1 N–H and O–H groups in total. The van der Waals surface area contributed by atoms with Crippen LogP contribution in [-0.2, 0) is 0 Å². The van der Waals surface area contributed by atoms with Gasteiger partial charge in [0.25, 0.3) is 0 Å². The van der Waals surface area contributed by atoms with Crippen LogP contribution in [0.5, 0.6) is 0 Å². The molecule has 2 saturated carbocycles. The maximum absolute atomic E-state index is 3.86. The van der Waals surface area contributed by atoms with Crippen LogP contribution in [0.1, 0.15) is 59.8 Å². The Morgan fingerprint density at radius 3 is 2.35 bits per heavy atom. The zero-order valence-corrected chi connectivity index (χ0v) is 13.9. The summed E-state index contributed by atoms with van der Waals surface area (Å²) in [7, 11) is 0. The molecule has 0 bridgehead atoms. The molecule has 20 heavy (non-hydrogen) atoms. The third-order valence-electron chi connectivity index (χ3n) is 6.42. The fourth-order valence-electron chi connectivity index (χ4n) is 4.49. The number of hydrogen-bond donors (Lipinski definition) is 1. The van der Waals surface area contributed by atoms with E-state index in [4.69, 9.17) is 0 Å². The predicted octanol–water partition coefficient (Wildman–Crippen LogP) is 3.52. The summed E-state index contributed by atoms with van der Waals surface area (Å²) >= 11 is 0. The fourth-order valence-corrected chi connectivity index (χ4v) is 4.49. The lowest BCUT2D eigenvalue weighted by atomic mass is 9.77. The zero-order chi connectivity index (χ0) is 14.3. The summed E-state index contributed by atoms with van der Waals surface area (Å²) in [4.78, 5) is 2.92. The summed E-state index contributed by atoms with van der Waals surface area (Å²) in [6, 6.07) is 2.41. The Bertz CT molecular complexity index is 323. The summed E-state index contributed by atoms with van der Waals surface area (Å²) in [6.07, 6.45) is 7.24. The lowest BCUT2D eigenvalue weighted by molar-refractivity contribution is 0.0174. The van der Waals surface area contributed by atoms with Gasteiger partial charge in [-0.1, -0.05) is 27.7 Å². The van der Waals surface area contributed by atoms with E-state index in [9.17, 15) is 0 Å². The Morgan fingerprint density at radius 2 is 1.75 bits per heavy atom. The maximum atomic E-state index is 3.86. The van der Waals surface area contributed by atoms with Crippen molar-refractivity contribution in [1.29, 1.82) is 0 Å². The smallest absolute Gasteiger partial charge is 0.0247 e. The molecule has 0 aromatic rings. The number of piperazine rings is 1. The molecule has 0 aromatic carbocycles. The van der Waals surface area contributed by atoms with Crippen LogP contribution in [0.15, 0.2) is 0 Å². The Hall–Kier alpha value is -0.0800. The van der Waals surface area contributed by atoms with E-state index in [1.807, 2.05) is 0 Å². The van der Waals surface area contributed by atoms with Crippen LogP contribution in [0.25, 0.3) is 0 Å². The SMILES string of the molecule is CC(C)C1CNC(C2CC2)CN1C1CCC(C)C(C)C1. The summed E-state index contributed by atoms with van der Waals surface area (Å²) in [5.74, 6) is 3.62. The molecule has 2 aliphatic carbocycles. The Kier molecular flexibility index (Phi) is 4.42. The van der Waals surface area contributed by atoms with Crippen molar-refractivity contribution in [2.75, 3.05) is 13.1 Å². The van der Waals surface area contributed by atoms with Gasteiger partial charge >= 0.3 is 0 Å². The number of nitrogens with one attached hydrogen (secondary N) is 1. The first-order valence-corrected chi connectivity index (χ1v) is 9.05. The van der Waals surface area contributed by atoms with Gasteiger partial charge in [-0.25, -0.2) is 0 Å². The molecule has 5 atom stereocenters. The van der Waals surface area contributed by atoms with Crippen LogP contribution in [0.3, 0.4) is 0 Å². The zero-order valence-electron chi connectivity index (χ0n) is 13.9. The van der Waals surface area contributed by atoms with Gasteiger partial charge in [0.15, 0.2) is 0 Å². The van der Waals surface area contributed by atoms with E-state index in [0.717, 1.165) is 41.8 Å². The highest BCUT2D eigenvalue weighted by atomic mass is 15.3. The van der Waals surface area contributed by atoms with E-state index < -0.39 is 0 Å². The third-order valence-corrected chi connectivity index (χ3v) is 6.42. The lowest BCUT2D eigenvalue weighted by Crippen LogP contribution is -2.62. The highest BCUT2D eigenvalue weighted by Crippen LogP contribution is 2.38. The van der Waals surface area contributed by atoms with Gasteiger partial charge in [0.1, 0.15) is 0 Å². The van der Waals surface area contributed by atoms with Gasteiger partial charge in [0, 0.05) is 31.2 Å². The molecule has 3 fully saturated rings. The van der Waals surface area contributed by atoms with Gasteiger partial charge in [-0.3, -0.25) is 4.90 Å². The molecule has 116 valence electrons. The van der Waals surface area contributed by atoms with Crippen LogP contribution in [0, 0.1) is 23.7 Å². The second-order valence-electron chi connectivity index (χ2n) is 8.28. The van der Waals surface area contributed by atoms with Crippen molar-refractivity contribution in [2.45, 2.75) is 77.9 Å². The highest BCUT2D eigenvalue weighted by molar-refractivity contribution is 4.98. The molecule has 1 aliphatic heterocycles. The second kappa shape index (κ2) is 5.96. The second-order valence-corrected chi connectivity index (χ2v) is 8.28. The average Bonchev–Trinajstić information content (AvgIpc) is 3.25. The van der Waals surface area contributed by atoms with Gasteiger partial charge in [0.05, 0.1) is 0 Å². The topological polar surface area (TPSA) is 15.3 Å². The predicted molar refractivity (Wildman–Crippen MR) is 85.8 cm³/mol. The minimum absolute atomic E-state index is 0.760. The van der Waals surface area contributed by atoms with Crippen molar-refractivity contribution in [1.82, 2.24) is 10.2 Å². The van der Waals surface area contributed by atoms with E-state index in [1.165, 1.54) is 45.2 Å². The molecule has 0 aromatic heterocycles. The van der Waals surface area contributed by atoms with Crippen molar-refractivity contribution in [3.8, 4) is 0 Å². The van der Waals surface area contributed by atoms with Gasteiger partial charge < -0.3 is 5.32 Å². The molecule has 0 amide bonds. The summed E-state index contributed by atoms with van der Waals surface area (Å²) in [5.41, 5.74) is 0. The van der Waals surface area contributed by atoms with Crippen molar-refractivity contribution >= 4 is 0 Å². The molecular formula is C18H34N2. The van der Waals surface area contributed by atoms with E-state index >= 15 is 0 Å². The molecule has 1 heterocycles. The molecule has 0 radical (unpaired) electrons. The summed E-state index contributed by atoms with van der Waals surface area (Å²) in [6.45, 7) is 12.3. The summed E-state index contributed by atoms with van der Waals surface area (Å²) < 4.78 is 0. The first-order chi connectivity index (χ1) is 9.56. The molecular weight excluding hydrogens is 244 g/mol. The van der Waals surface area contributed by atoms with Crippen LogP contribution in [-0.4, -0.2) is 36.1 Å². The molecule has 5 unspecified atom stereocenters. The van der Waals surface area contributed by atoms with E-state index in [-0.39, 0.29) is 0 Å².